The van der Waals surface area contributed by atoms with Crippen LogP contribution in [0.3, 0.4) is 0 Å². The minimum absolute atomic E-state index is 0.0673. The van der Waals surface area contributed by atoms with E-state index in [0.717, 1.165) is 58.4 Å². The number of rotatable bonds is 4. The number of piperidine rings is 1. The number of hydrogen-bond donors (Lipinski definition) is 0. The normalized spacial score (nSPS) is 29.2. The fourth-order valence-corrected chi connectivity index (χ4v) is 5.62. The molecule has 3 fully saturated rings. The predicted molar refractivity (Wildman–Crippen MR) is 82.7 cm³/mol. The predicted octanol–water partition coefficient (Wildman–Crippen LogP) is 1.30. The van der Waals surface area contributed by atoms with Crippen molar-refractivity contribution in [2.24, 2.45) is 5.41 Å². The van der Waals surface area contributed by atoms with Gasteiger partial charge in [0.25, 0.3) is 0 Å². The molecule has 0 N–H and O–H groups in total. The molecule has 0 aromatic carbocycles. The maximum Gasteiger partial charge on any atom is 0.214 e. The summed E-state index contributed by atoms with van der Waals surface area (Å²) in [5, 5.41) is 0. The SMILES string of the molecule is CC1(CS(=O)(=O)N2CCC(N3CCCOCC3)CC2)CC1. The first kappa shape index (κ1) is 15.7. The monoisotopic (exact) mass is 316 g/mol. The molecule has 3 aliphatic rings. The second-order valence-corrected chi connectivity index (χ2v) is 9.17. The van der Waals surface area contributed by atoms with E-state index < -0.39 is 10.0 Å². The van der Waals surface area contributed by atoms with Crippen molar-refractivity contribution in [2.75, 3.05) is 45.1 Å². The average Bonchev–Trinajstić information content (AvgIpc) is 3.21. The van der Waals surface area contributed by atoms with E-state index in [2.05, 4.69) is 11.8 Å². The van der Waals surface area contributed by atoms with Crippen LogP contribution < -0.4 is 0 Å². The molecule has 2 aliphatic heterocycles. The lowest BCUT2D eigenvalue weighted by Crippen LogP contribution is -2.48. The van der Waals surface area contributed by atoms with Gasteiger partial charge >= 0.3 is 0 Å². The molecule has 0 amide bonds. The van der Waals surface area contributed by atoms with Crippen molar-refractivity contribution < 1.29 is 13.2 Å². The molecule has 1 saturated carbocycles. The van der Waals surface area contributed by atoms with E-state index in [1.54, 1.807) is 4.31 Å². The van der Waals surface area contributed by atoms with Crippen molar-refractivity contribution in [1.82, 2.24) is 9.21 Å². The summed E-state index contributed by atoms with van der Waals surface area (Å²) < 4.78 is 32.2. The molecule has 0 bridgehead atoms. The van der Waals surface area contributed by atoms with E-state index in [9.17, 15) is 8.42 Å². The Morgan fingerprint density at radius 2 is 1.81 bits per heavy atom. The molecule has 0 aromatic heterocycles. The van der Waals surface area contributed by atoms with Gasteiger partial charge in [-0.05, 0) is 37.5 Å². The van der Waals surface area contributed by atoms with Gasteiger partial charge in [0.15, 0.2) is 0 Å². The van der Waals surface area contributed by atoms with Crippen molar-refractivity contribution in [3.63, 3.8) is 0 Å². The number of sulfonamides is 1. The molecular weight excluding hydrogens is 288 g/mol. The highest BCUT2D eigenvalue weighted by atomic mass is 32.2. The van der Waals surface area contributed by atoms with E-state index in [0.29, 0.717) is 24.9 Å². The number of nitrogens with zero attached hydrogens (tertiary/aromatic N) is 2. The van der Waals surface area contributed by atoms with Gasteiger partial charge in [-0.3, -0.25) is 4.90 Å². The largest absolute Gasteiger partial charge is 0.380 e. The molecule has 3 rings (SSSR count). The fourth-order valence-electron chi connectivity index (χ4n) is 3.51. The van der Waals surface area contributed by atoms with Crippen LogP contribution in [0.4, 0.5) is 0 Å². The zero-order chi connectivity index (χ0) is 14.9. The Balaban J connectivity index is 1.52. The molecule has 6 heteroatoms. The van der Waals surface area contributed by atoms with Gasteiger partial charge in [-0.1, -0.05) is 6.92 Å². The summed E-state index contributed by atoms with van der Waals surface area (Å²) in [5.41, 5.74) is 0.0673. The molecule has 21 heavy (non-hydrogen) atoms. The van der Waals surface area contributed by atoms with Crippen molar-refractivity contribution in [3.05, 3.63) is 0 Å². The molecule has 0 atom stereocenters. The molecule has 0 unspecified atom stereocenters. The molecule has 122 valence electrons. The maximum absolute atomic E-state index is 12.5. The van der Waals surface area contributed by atoms with Gasteiger partial charge in [0.1, 0.15) is 0 Å². The van der Waals surface area contributed by atoms with Gasteiger partial charge in [0.2, 0.25) is 10.0 Å². The van der Waals surface area contributed by atoms with Crippen LogP contribution in [0.25, 0.3) is 0 Å². The van der Waals surface area contributed by atoms with Crippen molar-refractivity contribution in [3.8, 4) is 0 Å². The smallest absolute Gasteiger partial charge is 0.214 e. The van der Waals surface area contributed by atoms with Crippen LogP contribution in [0, 0.1) is 5.41 Å². The Morgan fingerprint density at radius 1 is 1.10 bits per heavy atom. The van der Waals surface area contributed by atoms with Crippen LogP contribution >= 0.6 is 0 Å². The van der Waals surface area contributed by atoms with E-state index in [4.69, 9.17) is 4.74 Å². The highest BCUT2D eigenvalue weighted by Gasteiger charge is 2.43. The molecular formula is C15H28N2O3S. The summed E-state index contributed by atoms with van der Waals surface area (Å²) in [4.78, 5) is 2.50. The lowest BCUT2D eigenvalue weighted by Gasteiger charge is -2.37. The first-order valence-electron chi connectivity index (χ1n) is 8.28. The maximum atomic E-state index is 12.5. The lowest BCUT2D eigenvalue weighted by atomic mass is 10.0. The van der Waals surface area contributed by atoms with Crippen LogP contribution in [-0.2, 0) is 14.8 Å². The summed E-state index contributed by atoms with van der Waals surface area (Å²) in [5.74, 6) is 0.349. The first-order valence-corrected chi connectivity index (χ1v) is 9.89. The minimum atomic E-state index is -3.05. The third-order valence-corrected chi connectivity index (χ3v) is 7.44. The Morgan fingerprint density at radius 3 is 2.48 bits per heavy atom. The van der Waals surface area contributed by atoms with Gasteiger partial charge in [0, 0.05) is 38.8 Å². The van der Waals surface area contributed by atoms with E-state index >= 15 is 0 Å². The molecule has 5 nitrogen and oxygen atoms in total. The zero-order valence-electron chi connectivity index (χ0n) is 13.1. The highest BCUT2D eigenvalue weighted by Crippen LogP contribution is 2.46. The highest BCUT2D eigenvalue weighted by molar-refractivity contribution is 7.89. The fraction of sp³-hybridized carbons (Fsp3) is 1.00. The van der Waals surface area contributed by atoms with Gasteiger partial charge in [0.05, 0.1) is 12.4 Å². The Bertz CT molecular complexity index is 446. The molecule has 2 heterocycles. The van der Waals surface area contributed by atoms with Gasteiger partial charge < -0.3 is 4.74 Å². The minimum Gasteiger partial charge on any atom is -0.380 e. The zero-order valence-corrected chi connectivity index (χ0v) is 13.9. The van der Waals surface area contributed by atoms with Crippen molar-refractivity contribution in [1.29, 1.82) is 0 Å². The Hall–Kier alpha value is -0.170. The quantitative estimate of drug-likeness (QED) is 0.784. The third kappa shape index (κ3) is 3.97. The molecule has 1 aliphatic carbocycles. The Kier molecular flexibility index (Phi) is 4.60. The lowest BCUT2D eigenvalue weighted by molar-refractivity contribution is 0.114. The van der Waals surface area contributed by atoms with Gasteiger partial charge in [-0.2, -0.15) is 0 Å². The van der Waals surface area contributed by atoms with Crippen LogP contribution in [0.1, 0.15) is 39.0 Å². The standard InChI is InChI=1S/C15H28N2O3S/c1-15(5-6-15)13-21(18,19)17-8-3-14(4-9-17)16-7-2-11-20-12-10-16/h14H,2-13H2,1H3. The second kappa shape index (κ2) is 6.14. The Labute approximate surface area is 128 Å². The van der Waals surface area contributed by atoms with E-state index in [1.165, 1.54) is 0 Å². The first-order chi connectivity index (χ1) is 9.99. The number of ether oxygens (including phenoxy) is 1. The molecule has 2 saturated heterocycles. The van der Waals surface area contributed by atoms with Gasteiger partial charge in [-0.25, -0.2) is 12.7 Å². The van der Waals surface area contributed by atoms with E-state index in [-0.39, 0.29) is 5.41 Å². The summed E-state index contributed by atoms with van der Waals surface area (Å²) in [6.45, 7) is 7.25. The molecule has 0 radical (unpaired) electrons. The summed E-state index contributed by atoms with van der Waals surface area (Å²) in [6.07, 6.45) is 5.16. The van der Waals surface area contributed by atoms with Crippen LogP contribution in [0.15, 0.2) is 0 Å². The topological polar surface area (TPSA) is 49.9 Å². The van der Waals surface area contributed by atoms with E-state index in [1.807, 2.05) is 0 Å². The van der Waals surface area contributed by atoms with Crippen molar-refractivity contribution >= 4 is 10.0 Å². The molecule has 0 aromatic rings. The second-order valence-electron chi connectivity index (χ2n) is 7.20. The summed E-state index contributed by atoms with van der Waals surface area (Å²) in [6, 6.07) is 0.537. The van der Waals surface area contributed by atoms with Crippen LogP contribution in [0.2, 0.25) is 0 Å². The average molecular weight is 316 g/mol. The summed E-state index contributed by atoms with van der Waals surface area (Å²) in [7, 11) is -3.05. The molecule has 0 spiro atoms. The summed E-state index contributed by atoms with van der Waals surface area (Å²) >= 11 is 0. The van der Waals surface area contributed by atoms with Crippen LogP contribution in [0.5, 0.6) is 0 Å². The third-order valence-electron chi connectivity index (χ3n) is 5.22. The van der Waals surface area contributed by atoms with Crippen molar-refractivity contribution in [2.45, 2.75) is 45.1 Å². The number of hydrogen-bond acceptors (Lipinski definition) is 4. The van der Waals surface area contributed by atoms with Crippen LogP contribution in [-0.4, -0.2) is 68.8 Å². The van der Waals surface area contributed by atoms with Gasteiger partial charge in [-0.15, -0.1) is 0 Å².